The van der Waals surface area contributed by atoms with Gasteiger partial charge in [0.25, 0.3) is 0 Å². The highest BCUT2D eigenvalue weighted by atomic mass is 32.1. The average Bonchev–Trinajstić information content (AvgIpc) is 3.17. The van der Waals surface area contributed by atoms with E-state index in [4.69, 9.17) is 12.2 Å². The monoisotopic (exact) mass is 380 g/mol. The van der Waals surface area contributed by atoms with Gasteiger partial charge in [0, 0.05) is 23.9 Å². The highest BCUT2D eigenvalue weighted by Crippen LogP contribution is 2.35. The quantitative estimate of drug-likeness (QED) is 0.613. The molecule has 130 valence electrons. The molecule has 0 saturated heterocycles. The van der Waals surface area contributed by atoms with Crippen LogP contribution in [0.4, 0.5) is 5.69 Å². The largest absolute Gasteiger partial charge is 0.508 e. The fourth-order valence-corrected chi connectivity index (χ4v) is 4.21. The van der Waals surface area contributed by atoms with E-state index >= 15 is 0 Å². The van der Waals surface area contributed by atoms with Crippen molar-refractivity contribution < 1.29 is 10.2 Å². The van der Waals surface area contributed by atoms with Gasteiger partial charge in [-0.1, -0.05) is 30.3 Å². The normalized spacial score (nSPS) is 14.1. The number of rotatable bonds is 4. The number of thiazole rings is 1. The summed E-state index contributed by atoms with van der Waals surface area (Å²) >= 11 is 6.82. The summed E-state index contributed by atoms with van der Waals surface area (Å²) in [6.45, 7) is 0.583. The van der Waals surface area contributed by atoms with Gasteiger partial charge in [-0.2, -0.15) is 0 Å². The zero-order valence-corrected chi connectivity index (χ0v) is 15.4. The molecule has 1 aromatic heterocycles. The third-order valence-electron chi connectivity index (χ3n) is 4.30. The van der Waals surface area contributed by atoms with Crippen molar-refractivity contribution in [2.45, 2.75) is 13.0 Å². The van der Waals surface area contributed by atoms with E-state index in [2.05, 4.69) is 4.99 Å². The van der Waals surface area contributed by atoms with Crippen LogP contribution in [-0.2, 0) is 13.0 Å². The highest BCUT2D eigenvalue weighted by molar-refractivity contribution is 7.73. The van der Waals surface area contributed by atoms with Gasteiger partial charge >= 0.3 is 0 Å². The molecule has 6 heteroatoms. The van der Waals surface area contributed by atoms with Crippen LogP contribution in [0.3, 0.4) is 0 Å². The number of aliphatic imine (C=N–C) groups is 1. The molecular formula is C20H16N2O2S2. The van der Waals surface area contributed by atoms with Crippen LogP contribution in [0.1, 0.15) is 16.0 Å². The summed E-state index contributed by atoms with van der Waals surface area (Å²) in [5.41, 5.74) is 4.04. The summed E-state index contributed by atoms with van der Waals surface area (Å²) in [6, 6.07) is 15.0. The topological polar surface area (TPSA) is 57.8 Å². The molecule has 2 N–H and O–H groups in total. The van der Waals surface area contributed by atoms with Crippen molar-refractivity contribution in [2.24, 2.45) is 4.99 Å². The number of hydrogen-bond acceptors (Lipinski definition) is 5. The smallest absolute Gasteiger partial charge is 0.210 e. The Kier molecular flexibility index (Phi) is 4.44. The number of aromatic hydroxyl groups is 2. The number of nitrogens with zero attached hydrogens (tertiary/aromatic N) is 2. The number of allylic oxidation sites excluding steroid dienone is 1. The number of aromatic nitrogens is 1. The maximum Gasteiger partial charge on any atom is 0.210 e. The first-order chi connectivity index (χ1) is 12.6. The zero-order valence-electron chi connectivity index (χ0n) is 13.8. The summed E-state index contributed by atoms with van der Waals surface area (Å²) in [4.78, 5) is 5.13. The summed E-state index contributed by atoms with van der Waals surface area (Å²) in [6.07, 6.45) is 4.47. The molecule has 4 rings (SSSR count). The summed E-state index contributed by atoms with van der Waals surface area (Å²) in [5, 5.41) is 20.0. The molecule has 26 heavy (non-hydrogen) atoms. The first-order valence-electron chi connectivity index (χ1n) is 8.17. The van der Waals surface area contributed by atoms with E-state index in [1.54, 1.807) is 16.7 Å². The fourth-order valence-electron chi connectivity index (χ4n) is 2.90. The summed E-state index contributed by atoms with van der Waals surface area (Å²) in [5.74, 6) is 0.431. The second-order valence-corrected chi connectivity index (χ2v) is 7.67. The molecule has 2 heterocycles. The SMILES string of the molecule is Oc1ccc(CCn2c(O)c(/C=C3\C=Nc4ccccc43)sc2=S)cc1. The number of para-hydroxylation sites is 1. The Labute approximate surface area is 160 Å². The molecule has 0 saturated carbocycles. The van der Waals surface area contributed by atoms with E-state index in [1.807, 2.05) is 48.7 Å². The highest BCUT2D eigenvalue weighted by Gasteiger charge is 2.15. The zero-order chi connectivity index (χ0) is 18.1. The van der Waals surface area contributed by atoms with Gasteiger partial charge < -0.3 is 10.2 Å². The minimum Gasteiger partial charge on any atom is -0.508 e. The fraction of sp³-hybridized carbons (Fsp3) is 0.100. The molecule has 3 aromatic rings. The Hall–Kier alpha value is -2.70. The van der Waals surface area contributed by atoms with Gasteiger partial charge in [-0.25, -0.2) is 0 Å². The third kappa shape index (κ3) is 3.21. The van der Waals surface area contributed by atoms with Crippen LogP contribution in [0.15, 0.2) is 53.5 Å². The lowest BCUT2D eigenvalue weighted by Gasteiger charge is -2.05. The molecule has 0 fully saturated rings. The van der Waals surface area contributed by atoms with E-state index in [-0.39, 0.29) is 11.6 Å². The Morgan fingerprint density at radius 2 is 1.85 bits per heavy atom. The molecule has 0 spiro atoms. The standard InChI is InChI=1S/C20H16N2O2S2/c23-15-7-5-13(6-8-15)9-10-22-19(24)18(26-20(22)25)11-14-12-21-17-4-2-1-3-16(14)17/h1-8,11-12,23-24H,9-10H2/b14-11+. The third-order valence-corrected chi connectivity index (χ3v) is 5.68. The minimum atomic E-state index is 0.184. The number of phenolic OH excluding ortho intramolecular Hbond substituents is 1. The molecule has 0 aliphatic carbocycles. The number of phenols is 1. The van der Waals surface area contributed by atoms with E-state index in [0.29, 0.717) is 10.5 Å². The predicted octanol–water partition coefficient (Wildman–Crippen LogP) is 5.19. The molecule has 1 aliphatic rings. The molecule has 1 aliphatic heterocycles. The lowest BCUT2D eigenvalue weighted by atomic mass is 10.1. The van der Waals surface area contributed by atoms with Gasteiger partial charge in [0.15, 0.2) is 3.95 Å². The van der Waals surface area contributed by atoms with Gasteiger partial charge in [-0.05, 0) is 48.5 Å². The molecule has 0 bridgehead atoms. The predicted molar refractivity (Wildman–Crippen MR) is 109 cm³/mol. The lowest BCUT2D eigenvalue weighted by molar-refractivity contribution is 0.414. The van der Waals surface area contributed by atoms with Crippen molar-refractivity contribution in [3.63, 3.8) is 0 Å². The van der Waals surface area contributed by atoms with E-state index in [0.717, 1.165) is 33.7 Å². The van der Waals surface area contributed by atoms with Gasteiger partial charge in [0.2, 0.25) is 5.88 Å². The number of aryl methyl sites for hydroxylation is 1. The number of fused-ring (bicyclic) bond motifs is 1. The Balaban J connectivity index is 1.59. The maximum atomic E-state index is 10.6. The Bertz CT molecular complexity index is 1080. The first kappa shape index (κ1) is 16.8. The minimum absolute atomic E-state index is 0.184. The van der Waals surface area contributed by atoms with Crippen molar-refractivity contribution in [1.82, 2.24) is 4.57 Å². The van der Waals surface area contributed by atoms with Crippen molar-refractivity contribution >= 4 is 47.1 Å². The van der Waals surface area contributed by atoms with Crippen molar-refractivity contribution in [3.05, 3.63) is 68.5 Å². The van der Waals surface area contributed by atoms with Crippen LogP contribution in [-0.4, -0.2) is 21.0 Å². The molecule has 0 amide bonds. The average molecular weight is 380 g/mol. The molecular weight excluding hydrogens is 364 g/mol. The van der Waals surface area contributed by atoms with Crippen LogP contribution in [0.5, 0.6) is 11.6 Å². The lowest BCUT2D eigenvalue weighted by Crippen LogP contribution is -2.00. The number of benzene rings is 2. The Morgan fingerprint density at radius 1 is 1.08 bits per heavy atom. The first-order valence-corrected chi connectivity index (χ1v) is 9.40. The van der Waals surface area contributed by atoms with E-state index < -0.39 is 0 Å². The number of hydrogen-bond donors (Lipinski definition) is 2. The van der Waals surface area contributed by atoms with E-state index in [1.165, 1.54) is 11.3 Å². The maximum absolute atomic E-state index is 10.6. The van der Waals surface area contributed by atoms with Crippen LogP contribution in [0.25, 0.3) is 11.6 Å². The summed E-state index contributed by atoms with van der Waals surface area (Å²) < 4.78 is 2.38. The van der Waals surface area contributed by atoms with Gasteiger partial charge in [0.05, 0.1) is 10.6 Å². The Morgan fingerprint density at radius 3 is 2.65 bits per heavy atom. The molecule has 2 aromatic carbocycles. The van der Waals surface area contributed by atoms with Crippen molar-refractivity contribution in [3.8, 4) is 11.6 Å². The molecule has 0 atom stereocenters. The van der Waals surface area contributed by atoms with Crippen LogP contribution in [0, 0.1) is 3.95 Å². The molecule has 0 radical (unpaired) electrons. The second-order valence-electron chi connectivity index (χ2n) is 6.00. The molecule has 4 nitrogen and oxygen atoms in total. The second kappa shape index (κ2) is 6.90. The summed E-state index contributed by atoms with van der Waals surface area (Å²) in [7, 11) is 0. The van der Waals surface area contributed by atoms with Gasteiger partial charge in [0.1, 0.15) is 5.75 Å². The van der Waals surface area contributed by atoms with E-state index in [9.17, 15) is 10.2 Å². The van der Waals surface area contributed by atoms with Gasteiger partial charge in [-0.15, -0.1) is 11.3 Å². The van der Waals surface area contributed by atoms with Crippen LogP contribution >= 0.6 is 23.6 Å². The van der Waals surface area contributed by atoms with Crippen molar-refractivity contribution in [2.75, 3.05) is 0 Å². The molecule has 0 unspecified atom stereocenters. The van der Waals surface area contributed by atoms with Crippen LogP contribution in [0.2, 0.25) is 0 Å². The van der Waals surface area contributed by atoms with Crippen molar-refractivity contribution in [1.29, 1.82) is 0 Å². The van der Waals surface area contributed by atoms with Gasteiger partial charge in [-0.3, -0.25) is 9.56 Å². The van der Waals surface area contributed by atoms with Crippen LogP contribution < -0.4 is 0 Å².